The fraction of sp³-hybridized carbons (Fsp3) is 0.944. The number of carbonyl (C=O) groups is 4. The Morgan fingerprint density at radius 3 is 0.728 bits per heavy atom. The molecule has 0 aromatic carbocycles. The van der Waals surface area contributed by atoms with E-state index in [2.05, 4.69) is 89.7 Å². The number of amides is 4. The zero-order valence-electron chi connectivity index (χ0n) is 56.2. The van der Waals surface area contributed by atoms with Crippen LogP contribution in [0.4, 0.5) is 0 Å². The number of hydrogen-bond acceptors (Lipinski definition) is 6. The third-order valence-electron chi connectivity index (χ3n) is 17.6. The molecule has 0 aliphatic rings. The highest BCUT2D eigenvalue weighted by Crippen LogP contribution is 2.21. The summed E-state index contributed by atoms with van der Waals surface area (Å²) in [4.78, 5) is 64.4. The first kappa shape index (κ1) is 78.8. The zero-order valence-corrected chi connectivity index (χ0v) is 56.2. The molecule has 0 aliphatic heterocycles. The van der Waals surface area contributed by atoms with E-state index >= 15 is 0 Å². The van der Waals surface area contributed by atoms with Crippen LogP contribution in [0.2, 0.25) is 0 Å². The summed E-state index contributed by atoms with van der Waals surface area (Å²) in [5.74, 6) is 0.265. The molecule has 0 fully saturated rings. The largest absolute Gasteiger partial charge is 0.354 e. The Hall–Kier alpha value is -2.20. The molecule has 10 heteroatoms. The third kappa shape index (κ3) is 44.9. The summed E-state index contributed by atoms with van der Waals surface area (Å²) in [7, 11) is 0. The van der Waals surface area contributed by atoms with Gasteiger partial charge in [-0.1, -0.05) is 294 Å². The lowest BCUT2D eigenvalue weighted by Crippen LogP contribution is -2.53. The fourth-order valence-electron chi connectivity index (χ4n) is 12.2. The molecule has 0 aromatic rings. The molecule has 2 N–H and O–H groups in total. The Balaban J connectivity index is 4.91. The van der Waals surface area contributed by atoms with Gasteiger partial charge in [0.1, 0.15) is 12.1 Å². The summed E-state index contributed by atoms with van der Waals surface area (Å²) < 4.78 is 0. The van der Waals surface area contributed by atoms with Crippen molar-refractivity contribution >= 4 is 23.6 Å². The fourth-order valence-corrected chi connectivity index (χ4v) is 12.2. The average Bonchev–Trinajstić information content (AvgIpc) is 3.48. The van der Waals surface area contributed by atoms with Crippen molar-refractivity contribution in [2.75, 3.05) is 65.4 Å². The van der Waals surface area contributed by atoms with Gasteiger partial charge in [-0.05, 0) is 89.6 Å². The number of carbonyl (C=O) groups excluding carboxylic acids is 4. The van der Waals surface area contributed by atoms with Gasteiger partial charge in [-0.2, -0.15) is 0 Å². The molecule has 0 radical (unpaired) electrons. The van der Waals surface area contributed by atoms with Crippen molar-refractivity contribution in [3.63, 3.8) is 0 Å². The van der Waals surface area contributed by atoms with Gasteiger partial charge in [-0.25, -0.2) is 0 Å². The Morgan fingerprint density at radius 2 is 0.506 bits per heavy atom. The summed E-state index contributed by atoms with van der Waals surface area (Å²) in [6, 6.07) is -0.925. The van der Waals surface area contributed by atoms with Gasteiger partial charge in [-0.3, -0.25) is 19.2 Å². The molecule has 2 unspecified atom stereocenters. The number of nitrogens with zero attached hydrogens (tertiary/aromatic N) is 4. The second-order valence-electron chi connectivity index (χ2n) is 25.5. The summed E-state index contributed by atoms with van der Waals surface area (Å²) >= 11 is 0. The third-order valence-corrected chi connectivity index (χ3v) is 17.6. The van der Waals surface area contributed by atoms with E-state index in [1.54, 1.807) is 0 Å². The topological polar surface area (TPSA) is 105 Å². The van der Waals surface area contributed by atoms with Crippen LogP contribution in [0.15, 0.2) is 0 Å². The smallest absolute Gasteiger partial charge is 0.243 e. The molecular weight excluding hydrogens is 1000 g/mol. The van der Waals surface area contributed by atoms with Crippen molar-refractivity contribution in [3.8, 4) is 0 Å². The molecule has 0 saturated carbocycles. The first-order chi connectivity index (χ1) is 39.4. The maximum atomic E-state index is 14.0. The second kappa shape index (κ2) is 58.2. The van der Waals surface area contributed by atoms with Crippen LogP contribution in [-0.4, -0.2) is 121 Å². The molecule has 0 bridgehead atoms. The molecule has 0 spiro atoms. The highest BCUT2D eigenvalue weighted by atomic mass is 16.2. The van der Waals surface area contributed by atoms with E-state index < -0.39 is 12.1 Å². The molecule has 4 amide bonds. The van der Waals surface area contributed by atoms with Crippen LogP contribution in [0.5, 0.6) is 0 Å². The highest BCUT2D eigenvalue weighted by Gasteiger charge is 2.33. The predicted octanol–water partition coefficient (Wildman–Crippen LogP) is 18.4. The Bertz CT molecular complexity index is 1300. The maximum Gasteiger partial charge on any atom is 0.243 e. The first-order valence-corrected chi connectivity index (χ1v) is 36.0. The van der Waals surface area contributed by atoms with Crippen molar-refractivity contribution in [3.05, 3.63) is 0 Å². The Morgan fingerprint density at radius 1 is 0.284 bits per heavy atom. The van der Waals surface area contributed by atoms with E-state index in [4.69, 9.17) is 0 Å². The van der Waals surface area contributed by atoms with Gasteiger partial charge in [0, 0.05) is 39.0 Å². The monoisotopic (exact) mass is 1140 g/mol. The van der Waals surface area contributed by atoms with E-state index in [9.17, 15) is 19.2 Å². The van der Waals surface area contributed by atoms with Crippen LogP contribution >= 0.6 is 0 Å². The molecular formula is C71H142N6O4. The normalized spacial score (nSPS) is 12.5. The molecule has 0 aromatic heterocycles. The molecule has 0 aliphatic carbocycles. The van der Waals surface area contributed by atoms with Crippen LogP contribution in [0.1, 0.15) is 345 Å². The minimum atomic E-state index is -0.462. The predicted molar refractivity (Wildman–Crippen MR) is 352 cm³/mol. The number of nitrogens with one attached hydrogen (secondary N) is 2. The molecule has 480 valence electrons. The van der Waals surface area contributed by atoms with Crippen LogP contribution < -0.4 is 10.6 Å². The van der Waals surface area contributed by atoms with Crippen molar-refractivity contribution in [2.45, 2.75) is 357 Å². The summed E-state index contributed by atoms with van der Waals surface area (Å²) in [5, 5.41) is 6.48. The minimum absolute atomic E-state index is 0.0215. The van der Waals surface area contributed by atoms with Crippen molar-refractivity contribution in [2.24, 2.45) is 11.8 Å². The van der Waals surface area contributed by atoms with Gasteiger partial charge in [0.25, 0.3) is 0 Å². The van der Waals surface area contributed by atoms with Gasteiger partial charge in [0.2, 0.25) is 23.6 Å². The van der Waals surface area contributed by atoms with E-state index in [1.807, 2.05) is 9.80 Å². The lowest BCUT2D eigenvalue weighted by Gasteiger charge is -2.34. The van der Waals surface area contributed by atoms with Crippen molar-refractivity contribution in [1.29, 1.82) is 0 Å². The molecule has 0 rings (SSSR count). The number of unbranched alkanes of at least 4 members (excludes halogenated alkanes) is 36. The summed E-state index contributed by atoms with van der Waals surface area (Å²) in [6.45, 7) is 29.9. The molecule has 10 nitrogen and oxygen atoms in total. The molecule has 0 saturated heterocycles. The number of hydrogen-bond donors (Lipinski definition) is 2. The van der Waals surface area contributed by atoms with E-state index in [0.29, 0.717) is 39.0 Å². The van der Waals surface area contributed by atoms with Gasteiger partial charge >= 0.3 is 0 Å². The van der Waals surface area contributed by atoms with Crippen molar-refractivity contribution in [1.82, 2.24) is 30.2 Å². The molecule has 81 heavy (non-hydrogen) atoms. The van der Waals surface area contributed by atoms with Gasteiger partial charge in [-0.15, -0.1) is 0 Å². The van der Waals surface area contributed by atoms with E-state index in [1.165, 1.54) is 193 Å². The quantitative estimate of drug-likeness (QED) is 0.0588. The average molecular weight is 1140 g/mol. The molecule has 2 atom stereocenters. The van der Waals surface area contributed by atoms with Gasteiger partial charge < -0.3 is 30.2 Å². The second-order valence-corrected chi connectivity index (χ2v) is 25.5. The zero-order chi connectivity index (χ0) is 59.8. The Kier molecular flexibility index (Phi) is 56.6. The van der Waals surface area contributed by atoms with Crippen LogP contribution in [-0.2, 0) is 19.2 Å². The minimum Gasteiger partial charge on any atom is -0.354 e. The van der Waals surface area contributed by atoms with Crippen LogP contribution in [0.25, 0.3) is 0 Å². The summed E-state index contributed by atoms with van der Waals surface area (Å²) in [6.07, 6.45) is 52.4. The highest BCUT2D eigenvalue weighted by molar-refractivity contribution is 5.88. The van der Waals surface area contributed by atoms with Gasteiger partial charge in [0.15, 0.2) is 0 Å². The SMILES string of the molecule is CCCCCCCCCCCCCCCCCCCC(=O)N(CCCN(CC)CC)C(C(=O)NCCCCCCCNC(=O)C(C(C)C)N(CCCN(CC)CC)C(=O)CCCCCCCCCCCCCCCCCCC)C(C)C. The van der Waals surface area contributed by atoms with Crippen LogP contribution in [0.3, 0.4) is 0 Å². The lowest BCUT2D eigenvalue weighted by molar-refractivity contribution is -0.142. The van der Waals surface area contributed by atoms with E-state index in [0.717, 1.165) is 110 Å². The summed E-state index contributed by atoms with van der Waals surface area (Å²) in [5.41, 5.74) is 0. The van der Waals surface area contributed by atoms with Crippen molar-refractivity contribution < 1.29 is 19.2 Å². The maximum absolute atomic E-state index is 14.0. The van der Waals surface area contributed by atoms with Gasteiger partial charge in [0.05, 0.1) is 0 Å². The lowest BCUT2D eigenvalue weighted by atomic mass is 9.99. The van der Waals surface area contributed by atoms with E-state index in [-0.39, 0.29) is 35.5 Å². The van der Waals surface area contributed by atoms with Crippen LogP contribution in [0, 0.1) is 11.8 Å². The Labute approximate surface area is 505 Å². The molecule has 0 heterocycles. The standard InChI is InChI=1S/C71H142N6O4/c1-11-17-19-21-23-25-27-29-31-33-35-37-39-41-43-46-50-56-66(78)76(62-54-60-74(13-3)14-4)68(64(7)8)70(80)72-58-52-48-45-49-53-59-73-71(81)69(65(9)10)77(63-55-61-75(15-5)16-6)67(79)57-51-47-44-42-40-38-36-34-32-30-28-26-24-22-20-18-12-2/h64-65,68-69H,11-63H2,1-10H3,(H,72,80)(H,73,81). The number of rotatable bonds is 62. The first-order valence-electron chi connectivity index (χ1n) is 36.0.